The molecule has 0 fully saturated rings. The Hall–Kier alpha value is -2.37. The van der Waals surface area contributed by atoms with Crippen LogP contribution in [0.4, 0.5) is 11.4 Å². The van der Waals surface area contributed by atoms with Crippen molar-refractivity contribution >= 4 is 17.3 Å². The molecule has 6 heteroatoms. The standard InChI is InChI=1S/C14H16N2O4/c1-2-20-14(17)12-9-11(7-8-13(12)16(18)19)15-10-5-3-4-6-10/h3-4,7-10,15H,2,5-6H2,1H3. The molecule has 0 aromatic heterocycles. The molecular formula is C14H16N2O4. The number of rotatable bonds is 5. The number of nitrogens with zero attached hydrogens (tertiary/aromatic N) is 1. The summed E-state index contributed by atoms with van der Waals surface area (Å²) in [6.45, 7) is 1.84. The first kappa shape index (κ1) is 14.0. The van der Waals surface area contributed by atoms with Crippen LogP contribution in [0.3, 0.4) is 0 Å². The maximum atomic E-state index is 11.8. The van der Waals surface area contributed by atoms with E-state index in [4.69, 9.17) is 4.74 Å². The van der Waals surface area contributed by atoms with Crippen LogP contribution in [0, 0.1) is 10.1 Å². The number of carbonyl (C=O) groups excluding carboxylic acids is 1. The summed E-state index contributed by atoms with van der Waals surface area (Å²) in [7, 11) is 0. The Morgan fingerprint density at radius 3 is 2.75 bits per heavy atom. The lowest BCUT2D eigenvalue weighted by Crippen LogP contribution is -2.16. The molecule has 0 unspecified atom stereocenters. The average molecular weight is 276 g/mol. The summed E-state index contributed by atoms with van der Waals surface area (Å²) in [5, 5.41) is 14.2. The van der Waals surface area contributed by atoms with Crippen molar-refractivity contribution in [1.29, 1.82) is 0 Å². The fraction of sp³-hybridized carbons (Fsp3) is 0.357. The van der Waals surface area contributed by atoms with E-state index in [9.17, 15) is 14.9 Å². The second-order valence-corrected chi connectivity index (χ2v) is 4.49. The van der Waals surface area contributed by atoms with Gasteiger partial charge in [0, 0.05) is 17.8 Å². The van der Waals surface area contributed by atoms with Crippen LogP contribution in [0.25, 0.3) is 0 Å². The van der Waals surface area contributed by atoms with Crippen molar-refractivity contribution in [2.45, 2.75) is 25.8 Å². The maximum absolute atomic E-state index is 11.8. The number of anilines is 1. The highest BCUT2D eigenvalue weighted by molar-refractivity contribution is 5.95. The molecule has 6 nitrogen and oxygen atoms in total. The number of carbonyl (C=O) groups is 1. The van der Waals surface area contributed by atoms with E-state index in [0.717, 1.165) is 12.8 Å². The van der Waals surface area contributed by atoms with Crippen LogP contribution in [-0.2, 0) is 4.74 Å². The Balaban J connectivity index is 2.24. The van der Waals surface area contributed by atoms with Crippen molar-refractivity contribution in [1.82, 2.24) is 0 Å². The van der Waals surface area contributed by atoms with Crippen molar-refractivity contribution in [2.75, 3.05) is 11.9 Å². The Kier molecular flexibility index (Phi) is 4.34. The predicted molar refractivity (Wildman–Crippen MR) is 74.8 cm³/mol. The van der Waals surface area contributed by atoms with Crippen LogP contribution >= 0.6 is 0 Å². The van der Waals surface area contributed by atoms with E-state index in [-0.39, 0.29) is 23.9 Å². The molecule has 106 valence electrons. The third-order valence-corrected chi connectivity index (χ3v) is 3.07. The van der Waals surface area contributed by atoms with E-state index in [1.54, 1.807) is 13.0 Å². The number of benzene rings is 1. The molecule has 0 bridgehead atoms. The first-order valence-electron chi connectivity index (χ1n) is 6.49. The lowest BCUT2D eigenvalue weighted by atomic mass is 10.1. The fourth-order valence-electron chi connectivity index (χ4n) is 2.13. The maximum Gasteiger partial charge on any atom is 0.345 e. The molecule has 0 aliphatic heterocycles. The Morgan fingerprint density at radius 2 is 2.15 bits per heavy atom. The van der Waals surface area contributed by atoms with E-state index in [2.05, 4.69) is 17.5 Å². The van der Waals surface area contributed by atoms with E-state index >= 15 is 0 Å². The van der Waals surface area contributed by atoms with Crippen LogP contribution in [0.5, 0.6) is 0 Å². The van der Waals surface area contributed by atoms with Gasteiger partial charge in [-0.3, -0.25) is 10.1 Å². The molecule has 0 amide bonds. The van der Waals surface area contributed by atoms with Gasteiger partial charge >= 0.3 is 5.97 Å². The van der Waals surface area contributed by atoms with Gasteiger partial charge in [0.1, 0.15) is 5.56 Å². The van der Waals surface area contributed by atoms with Gasteiger partial charge in [0.25, 0.3) is 5.69 Å². The third-order valence-electron chi connectivity index (χ3n) is 3.07. The van der Waals surface area contributed by atoms with Crippen LogP contribution < -0.4 is 5.32 Å². The third kappa shape index (κ3) is 3.14. The summed E-state index contributed by atoms with van der Waals surface area (Å²) in [5.41, 5.74) is 0.429. The molecule has 2 rings (SSSR count). The second kappa shape index (κ2) is 6.18. The first-order valence-corrected chi connectivity index (χ1v) is 6.49. The van der Waals surface area contributed by atoms with Crippen LogP contribution in [0.1, 0.15) is 30.1 Å². The van der Waals surface area contributed by atoms with Gasteiger partial charge in [-0.2, -0.15) is 0 Å². The predicted octanol–water partition coefficient (Wildman–Crippen LogP) is 2.90. The number of hydrogen-bond donors (Lipinski definition) is 1. The zero-order valence-corrected chi connectivity index (χ0v) is 11.2. The average Bonchev–Trinajstić information content (AvgIpc) is 2.91. The quantitative estimate of drug-likeness (QED) is 0.387. The molecule has 1 aliphatic rings. The van der Waals surface area contributed by atoms with Gasteiger partial charge < -0.3 is 10.1 Å². The summed E-state index contributed by atoms with van der Waals surface area (Å²) in [6, 6.07) is 4.69. The van der Waals surface area contributed by atoms with Crippen LogP contribution in [0.2, 0.25) is 0 Å². The first-order chi connectivity index (χ1) is 9.61. The highest BCUT2D eigenvalue weighted by Crippen LogP contribution is 2.25. The molecule has 0 spiro atoms. The SMILES string of the molecule is CCOC(=O)c1cc(NC2CC=CC2)ccc1[N+](=O)[O-]. The molecule has 1 aliphatic carbocycles. The van der Waals surface area contributed by atoms with E-state index in [1.807, 2.05) is 0 Å². The molecule has 1 aromatic carbocycles. The summed E-state index contributed by atoms with van der Waals surface area (Å²) in [5.74, 6) is -0.674. The van der Waals surface area contributed by atoms with E-state index < -0.39 is 10.9 Å². The van der Waals surface area contributed by atoms with Gasteiger partial charge in [0.05, 0.1) is 11.5 Å². The molecule has 0 radical (unpaired) electrons. The van der Waals surface area contributed by atoms with Gasteiger partial charge in [0.15, 0.2) is 0 Å². The minimum Gasteiger partial charge on any atom is -0.462 e. The van der Waals surface area contributed by atoms with Crippen molar-refractivity contribution in [2.24, 2.45) is 0 Å². The van der Waals surface area contributed by atoms with Crippen LogP contribution in [-0.4, -0.2) is 23.5 Å². The second-order valence-electron chi connectivity index (χ2n) is 4.49. The zero-order chi connectivity index (χ0) is 14.5. The Morgan fingerprint density at radius 1 is 1.45 bits per heavy atom. The molecule has 0 saturated carbocycles. The smallest absolute Gasteiger partial charge is 0.345 e. The molecule has 0 heterocycles. The minimum absolute atomic E-state index is 0.0205. The summed E-state index contributed by atoms with van der Waals surface area (Å²) in [6.07, 6.45) is 5.97. The number of nitro benzene ring substituents is 1. The molecule has 0 saturated heterocycles. The number of esters is 1. The fourth-order valence-corrected chi connectivity index (χ4v) is 2.13. The monoisotopic (exact) mass is 276 g/mol. The van der Waals surface area contributed by atoms with Gasteiger partial charge in [-0.1, -0.05) is 12.2 Å². The highest BCUT2D eigenvalue weighted by atomic mass is 16.6. The number of ether oxygens (including phenoxy) is 1. The largest absolute Gasteiger partial charge is 0.462 e. The van der Waals surface area contributed by atoms with Crippen molar-refractivity contribution < 1.29 is 14.5 Å². The Labute approximate surface area is 116 Å². The van der Waals surface area contributed by atoms with Crippen molar-refractivity contribution in [3.05, 3.63) is 46.0 Å². The molecule has 20 heavy (non-hydrogen) atoms. The van der Waals surface area contributed by atoms with Crippen LogP contribution in [0.15, 0.2) is 30.4 Å². The summed E-state index contributed by atoms with van der Waals surface area (Å²) >= 11 is 0. The molecule has 1 aromatic rings. The van der Waals surface area contributed by atoms with E-state index in [0.29, 0.717) is 5.69 Å². The van der Waals surface area contributed by atoms with Gasteiger partial charge in [-0.05, 0) is 31.9 Å². The minimum atomic E-state index is -0.674. The number of nitrogens with one attached hydrogen (secondary N) is 1. The summed E-state index contributed by atoms with van der Waals surface area (Å²) < 4.78 is 4.86. The zero-order valence-electron chi connectivity index (χ0n) is 11.2. The highest BCUT2D eigenvalue weighted by Gasteiger charge is 2.22. The number of nitro groups is 1. The molecule has 0 atom stereocenters. The molecular weight excluding hydrogens is 260 g/mol. The normalized spacial score (nSPS) is 14.2. The lowest BCUT2D eigenvalue weighted by molar-refractivity contribution is -0.385. The lowest BCUT2D eigenvalue weighted by Gasteiger charge is -2.14. The molecule has 1 N–H and O–H groups in total. The summed E-state index contributed by atoms with van der Waals surface area (Å²) in [4.78, 5) is 22.2. The van der Waals surface area contributed by atoms with Crippen molar-refractivity contribution in [3.8, 4) is 0 Å². The van der Waals surface area contributed by atoms with E-state index in [1.165, 1.54) is 12.1 Å². The van der Waals surface area contributed by atoms with Gasteiger partial charge in [-0.15, -0.1) is 0 Å². The Bertz CT molecular complexity index is 546. The number of hydrogen-bond acceptors (Lipinski definition) is 5. The topological polar surface area (TPSA) is 81.5 Å². The van der Waals surface area contributed by atoms with Gasteiger partial charge in [0.2, 0.25) is 0 Å². The van der Waals surface area contributed by atoms with Gasteiger partial charge in [-0.25, -0.2) is 4.79 Å². The van der Waals surface area contributed by atoms with Crippen molar-refractivity contribution in [3.63, 3.8) is 0 Å².